The van der Waals surface area contributed by atoms with Gasteiger partial charge in [-0.2, -0.15) is 0 Å². The molecule has 0 saturated carbocycles. The molecule has 0 spiro atoms. The Hall–Kier alpha value is -1.39. The van der Waals surface area contributed by atoms with Gasteiger partial charge in [-0.3, -0.25) is 0 Å². The van der Waals surface area contributed by atoms with Crippen molar-refractivity contribution in [2.24, 2.45) is 0 Å². The minimum Gasteiger partial charge on any atom is -0.497 e. The van der Waals surface area contributed by atoms with Crippen molar-refractivity contribution in [3.63, 3.8) is 0 Å². The first kappa shape index (κ1) is 14.5. The molecule has 3 rings (SSSR count). The first-order chi connectivity index (χ1) is 10.3. The van der Waals surface area contributed by atoms with Gasteiger partial charge in [0.2, 0.25) is 0 Å². The molecule has 1 aliphatic rings. The molecule has 1 unspecified atom stereocenters. The molecule has 0 radical (unpaired) electrons. The van der Waals surface area contributed by atoms with Crippen molar-refractivity contribution in [1.29, 1.82) is 0 Å². The molecule has 1 aliphatic carbocycles. The molecule has 112 valence electrons. The number of aromatic nitrogens is 1. The number of thiazole rings is 1. The first-order valence-electron chi connectivity index (χ1n) is 7.69. The molecular weight excluding hydrogens is 280 g/mol. The topological polar surface area (TPSA) is 34.2 Å². The molecule has 2 aromatic rings. The number of aryl methyl sites for hydroxylation is 1. The summed E-state index contributed by atoms with van der Waals surface area (Å²) in [4.78, 5) is 6.32. The van der Waals surface area contributed by atoms with Crippen molar-refractivity contribution >= 4 is 11.3 Å². The maximum absolute atomic E-state index is 5.22. The van der Waals surface area contributed by atoms with E-state index in [1.165, 1.54) is 35.4 Å². The van der Waals surface area contributed by atoms with E-state index in [1.54, 1.807) is 7.11 Å². The number of rotatable bonds is 5. The van der Waals surface area contributed by atoms with Gasteiger partial charge in [0.25, 0.3) is 0 Å². The van der Waals surface area contributed by atoms with Crippen LogP contribution in [0.25, 0.3) is 10.6 Å². The summed E-state index contributed by atoms with van der Waals surface area (Å²) in [6, 6.07) is 8.69. The van der Waals surface area contributed by atoms with Crippen LogP contribution in [-0.2, 0) is 6.42 Å². The lowest BCUT2D eigenvalue weighted by Gasteiger charge is -2.22. The second kappa shape index (κ2) is 6.58. The van der Waals surface area contributed by atoms with Gasteiger partial charge in [-0.15, -0.1) is 11.3 Å². The molecule has 4 heteroatoms. The van der Waals surface area contributed by atoms with Crippen LogP contribution in [0.2, 0.25) is 0 Å². The lowest BCUT2D eigenvalue weighted by atomic mass is 9.98. The highest BCUT2D eigenvalue weighted by molar-refractivity contribution is 7.15. The number of hydrogen-bond donors (Lipinski definition) is 1. The van der Waals surface area contributed by atoms with Crippen LogP contribution in [0.15, 0.2) is 24.3 Å². The Balaban J connectivity index is 1.86. The summed E-state index contributed by atoms with van der Waals surface area (Å²) < 4.78 is 5.22. The molecule has 0 bridgehead atoms. The van der Waals surface area contributed by atoms with Crippen LogP contribution in [0.1, 0.15) is 42.8 Å². The van der Waals surface area contributed by atoms with Gasteiger partial charge in [-0.1, -0.05) is 6.92 Å². The van der Waals surface area contributed by atoms with Gasteiger partial charge in [-0.25, -0.2) is 4.98 Å². The van der Waals surface area contributed by atoms with E-state index in [-0.39, 0.29) is 0 Å². The number of fused-ring (bicyclic) bond motifs is 1. The zero-order chi connectivity index (χ0) is 14.7. The number of nitrogens with zero attached hydrogens (tertiary/aromatic N) is 1. The molecule has 0 fully saturated rings. The number of nitrogens with one attached hydrogen (secondary N) is 1. The smallest absolute Gasteiger partial charge is 0.123 e. The highest BCUT2D eigenvalue weighted by Gasteiger charge is 2.24. The number of hydrogen-bond acceptors (Lipinski definition) is 4. The van der Waals surface area contributed by atoms with E-state index >= 15 is 0 Å². The SMILES string of the molecule is CCCNC1CCCc2nc(-c3ccc(OC)cc3)sc21. The van der Waals surface area contributed by atoms with Crippen molar-refractivity contribution in [2.75, 3.05) is 13.7 Å². The summed E-state index contributed by atoms with van der Waals surface area (Å²) in [5.41, 5.74) is 2.48. The molecule has 3 nitrogen and oxygen atoms in total. The van der Waals surface area contributed by atoms with Gasteiger partial charge < -0.3 is 10.1 Å². The summed E-state index contributed by atoms with van der Waals surface area (Å²) >= 11 is 1.85. The van der Waals surface area contributed by atoms with Crippen LogP contribution >= 0.6 is 11.3 Å². The van der Waals surface area contributed by atoms with E-state index in [0.29, 0.717) is 6.04 Å². The molecule has 0 amide bonds. The monoisotopic (exact) mass is 302 g/mol. The van der Waals surface area contributed by atoms with E-state index in [9.17, 15) is 0 Å². The Morgan fingerprint density at radius 3 is 2.86 bits per heavy atom. The molecular formula is C17H22N2OS. The van der Waals surface area contributed by atoms with Crippen molar-refractivity contribution in [3.8, 4) is 16.3 Å². The Morgan fingerprint density at radius 1 is 1.33 bits per heavy atom. The van der Waals surface area contributed by atoms with Crippen LogP contribution < -0.4 is 10.1 Å². The van der Waals surface area contributed by atoms with E-state index < -0.39 is 0 Å². The minimum atomic E-state index is 0.498. The van der Waals surface area contributed by atoms with Crippen molar-refractivity contribution in [3.05, 3.63) is 34.8 Å². The maximum Gasteiger partial charge on any atom is 0.123 e. The predicted octanol–water partition coefficient (Wildman–Crippen LogP) is 4.20. The fraction of sp³-hybridized carbons (Fsp3) is 0.471. The van der Waals surface area contributed by atoms with E-state index in [0.717, 1.165) is 23.7 Å². The summed E-state index contributed by atoms with van der Waals surface area (Å²) in [6.45, 7) is 3.30. The fourth-order valence-electron chi connectivity index (χ4n) is 2.79. The van der Waals surface area contributed by atoms with Gasteiger partial charge in [-0.05, 0) is 56.5 Å². The number of benzene rings is 1. The van der Waals surface area contributed by atoms with Crippen molar-refractivity contribution in [2.45, 2.75) is 38.6 Å². The van der Waals surface area contributed by atoms with Gasteiger partial charge >= 0.3 is 0 Å². The third kappa shape index (κ3) is 3.11. The average molecular weight is 302 g/mol. The molecule has 1 aromatic heterocycles. The maximum atomic E-state index is 5.22. The standard InChI is InChI=1S/C17H22N2OS/c1-3-11-18-14-5-4-6-15-16(14)21-17(19-15)12-7-9-13(20-2)10-8-12/h7-10,14,18H,3-6,11H2,1-2H3. The van der Waals surface area contributed by atoms with Crippen LogP contribution in [0.4, 0.5) is 0 Å². The number of methoxy groups -OCH3 is 1. The molecule has 1 heterocycles. The average Bonchev–Trinajstić information content (AvgIpc) is 2.97. The molecule has 0 saturated heterocycles. The minimum absolute atomic E-state index is 0.498. The lowest BCUT2D eigenvalue weighted by Crippen LogP contribution is -2.24. The van der Waals surface area contributed by atoms with Crippen LogP contribution in [-0.4, -0.2) is 18.6 Å². The molecule has 0 aliphatic heterocycles. The Morgan fingerprint density at radius 2 is 2.14 bits per heavy atom. The summed E-state index contributed by atoms with van der Waals surface area (Å²) in [7, 11) is 1.70. The van der Waals surface area contributed by atoms with E-state index in [2.05, 4.69) is 24.4 Å². The van der Waals surface area contributed by atoms with Gasteiger partial charge in [0.1, 0.15) is 10.8 Å². The van der Waals surface area contributed by atoms with Crippen molar-refractivity contribution < 1.29 is 4.74 Å². The van der Waals surface area contributed by atoms with Crippen LogP contribution in [0, 0.1) is 0 Å². The molecule has 1 atom stereocenters. The number of ether oxygens (including phenoxy) is 1. The Labute approximate surface area is 130 Å². The second-order valence-electron chi connectivity index (χ2n) is 5.46. The fourth-order valence-corrected chi connectivity index (χ4v) is 4.02. The Bertz CT molecular complexity index is 591. The zero-order valence-corrected chi connectivity index (χ0v) is 13.5. The van der Waals surface area contributed by atoms with Gasteiger partial charge in [0, 0.05) is 16.5 Å². The van der Waals surface area contributed by atoms with Crippen LogP contribution in [0.3, 0.4) is 0 Å². The van der Waals surface area contributed by atoms with E-state index in [1.807, 2.05) is 23.5 Å². The summed E-state index contributed by atoms with van der Waals surface area (Å²) in [5, 5.41) is 4.79. The summed E-state index contributed by atoms with van der Waals surface area (Å²) in [6.07, 6.45) is 4.76. The molecule has 1 N–H and O–H groups in total. The van der Waals surface area contributed by atoms with Crippen LogP contribution in [0.5, 0.6) is 5.75 Å². The van der Waals surface area contributed by atoms with Crippen molar-refractivity contribution in [1.82, 2.24) is 10.3 Å². The zero-order valence-electron chi connectivity index (χ0n) is 12.7. The lowest BCUT2D eigenvalue weighted by molar-refractivity contribution is 0.415. The van der Waals surface area contributed by atoms with E-state index in [4.69, 9.17) is 9.72 Å². The van der Waals surface area contributed by atoms with Gasteiger partial charge in [0.15, 0.2) is 0 Å². The Kier molecular flexibility index (Phi) is 4.56. The predicted molar refractivity (Wildman–Crippen MR) is 88.1 cm³/mol. The normalized spacial score (nSPS) is 17.5. The third-order valence-corrected chi connectivity index (χ3v) is 5.19. The second-order valence-corrected chi connectivity index (χ2v) is 6.49. The largest absolute Gasteiger partial charge is 0.497 e. The highest BCUT2D eigenvalue weighted by atomic mass is 32.1. The first-order valence-corrected chi connectivity index (χ1v) is 8.51. The highest BCUT2D eigenvalue weighted by Crippen LogP contribution is 2.38. The quantitative estimate of drug-likeness (QED) is 0.899. The third-order valence-electron chi connectivity index (χ3n) is 3.93. The van der Waals surface area contributed by atoms with Gasteiger partial charge in [0.05, 0.1) is 12.8 Å². The molecule has 1 aromatic carbocycles. The summed E-state index contributed by atoms with van der Waals surface area (Å²) in [5.74, 6) is 0.891. The molecule has 21 heavy (non-hydrogen) atoms.